The lowest BCUT2D eigenvalue weighted by atomic mass is 10.0. The maximum atomic E-state index is 13.9. The molecule has 1 aliphatic rings. The highest BCUT2D eigenvalue weighted by Gasteiger charge is 2.26. The lowest BCUT2D eigenvalue weighted by Crippen LogP contribution is -2.42. The SMILES string of the molecule is Cl.N[C@H](CC(=O)N1CCC(n2ncc(COc3ccc(-n4cnnn4)nc3)n2)CC1)Cc1cc(F)c(F)cc1F. The van der Waals surface area contributed by atoms with E-state index in [0.29, 0.717) is 49.3 Å². The molecule has 1 aromatic carbocycles. The van der Waals surface area contributed by atoms with Gasteiger partial charge in [-0.2, -0.15) is 19.7 Å². The molecule has 0 aliphatic carbocycles. The molecule has 212 valence electrons. The van der Waals surface area contributed by atoms with Gasteiger partial charge in [0, 0.05) is 31.6 Å². The first kappa shape index (κ1) is 28.9. The van der Waals surface area contributed by atoms with Crippen LogP contribution < -0.4 is 10.5 Å². The van der Waals surface area contributed by atoms with Crippen LogP contribution in [-0.4, -0.2) is 70.1 Å². The van der Waals surface area contributed by atoms with Gasteiger partial charge >= 0.3 is 0 Å². The summed E-state index contributed by atoms with van der Waals surface area (Å²) in [6, 6.07) is 4.04. The summed E-state index contributed by atoms with van der Waals surface area (Å²) in [5.74, 6) is -2.36. The molecule has 0 unspecified atom stereocenters. The number of pyridine rings is 1. The fourth-order valence-corrected chi connectivity index (χ4v) is 4.34. The van der Waals surface area contributed by atoms with E-state index in [1.807, 2.05) is 0 Å². The van der Waals surface area contributed by atoms with Crippen LogP contribution in [0, 0.1) is 17.5 Å². The highest BCUT2D eigenvalue weighted by atomic mass is 35.5. The van der Waals surface area contributed by atoms with Crippen molar-refractivity contribution in [3.8, 4) is 11.6 Å². The third-order valence-corrected chi connectivity index (χ3v) is 6.40. The Hall–Kier alpha value is -4.11. The highest BCUT2D eigenvalue weighted by molar-refractivity contribution is 5.85. The van der Waals surface area contributed by atoms with E-state index in [0.717, 1.165) is 6.07 Å². The Balaban J connectivity index is 0.00000370. The molecule has 1 atom stereocenters. The molecule has 1 aliphatic heterocycles. The standard InChI is InChI=1S/C24H25F3N10O2.ClH/c25-20-10-22(27)21(26)8-15(20)7-16(28)9-24(38)35-5-3-18(4-6-35)37-31-11-17(32-37)13-39-19-1-2-23(29-12-19)36-14-30-33-34-36;/h1-2,8,10-12,14,16,18H,3-7,9,13,28H2;1H/t16-;/m0./s1. The normalized spacial score (nSPS) is 14.6. The van der Waals surface area contributed by atoms with Gasteiger partial charge in [-0.25, -0.2) is 18.2 Å². The van der Waals surface area contributed by atoms with E-state index in [1.54, 1.807) is 34.2 Å². The van der Waals surface area contributed by atoms with E-state index in [2.05, 4.69) is 30.7 Å². The third kappa shape index (κ3) is 6.90. The van der Waals surface area contributed by atoms with Crippen molar-refractivity contribution in [1.29, 1.82) is 0 Å². The van der Waals surface area contributed by atoms with Gasteiger partial charge < -0.3 is 15.4 Å². The monoisotopic (exact) mass is 578 g/mol. The molecule has 12 nitrogen and oxygen atoms in total. The van der Waals surface area contributed by atoms with Crippen LogP contribution in [0.3, 0.4) is 0 Å². The smallest absolute Gasteiger partial charge is 0.224 e. The number of nitrogens with two attached hydrogens (primary N) is 1. The summed E-state index contributed by atoms with van der Waals surface area (Å²) in [7, 11) is 0. The van der Waals surface area contributed by atoms with Crippen LogP contribution in [-0.2, 0) is 17.8 Å². The van der Waals surface area contributed by atoms with Gasteiger partial charge in [-0.05, 0) is 53.5 Å². The molecule has 0 bridgehead atoms. The van der Waals surface area contributed by atoms with Gasteiger partial charge in [-0.1, -0.05) is 0 Å². The van der Waals surface area contributed by atoms with Crippen LogP contribution in [0.4, 0.5) is 13.2 Å². The summed E-state index contributed by atoms with van der Waals surface area (Å²) in [5, 5.41) is 19.8. The Morgan fingerprint density at radius 3 is 2.58 bits per heavy atom. The van der Waals surface area contributed by atoms with Crippen molar-refractivity contribution >= 4 is 18.3 Å². The number of likely N-dealkylation sites (tertiary alicyclic amines) is 1. The van der Waals surface area contributed by atoms with E-state index >= 15 is 0 Å². The van der Waals surface area contributed by atoms with Crippen molar-refractivity contribution in [1.82, 2.24) is 45.1 Å². The second-order valence-electron chi connectivity index (χ2n) is 9.19. The lowest BCUT2D eigenvalue weighted by Gasteiger charge is -2.32. The van der Waals surface area contributed by atoms with Crippen LogP contribution in [0.25, 0.3) is 5.82 Å². The zero-order chi connectivity index (χ0) is 27.4. The number of halogens is 4. The summed E-state index contributed by atoms with van der Waals surface area (Å²) in [4.78, 5) is 20.3. The van der Waals surface area contributed by atoms with Crippen LogP contribution >= 0.6 is 12.4 Å². The number of hydrogen-bond acceptors (Lipinski definition) is 9. The molecule has 4 heterocycles. The molecule has 0 spiro atoms. The molecule has 16 heteroatoms. The molecule has 2 N–H and O–H groups in total. The van der Waals surface area contributed by atoms with Gasteiger partial charge in [0.25, 0.3) is 0 Å². The second-order valence-corrected chi connectivity index (χ2v) is 9.19. The number of hydrogen-bond donors (Lipinski definition) is 1. The molecular weight excluding hydrogens is 553 g/mol. The third-order valence-electron chi connectivity index (χ3n) is 6.40. The van der Waals surface area contributed by atoms with Gasteiger partial charge in [0.2, 0.25) is 5.91 Å². The number of ether oxygens (including phenoxy) is 1. The molecule has 1 saturated heterocycles. The average Bonchev–Trinajstić information content (AvgIpc) is 3.64. The number of piperidine rings is 1. The number of aromatic nitrogens is 8. The summed E-state index contributed by atoms with van der Waals surface area (Å²) >= 11 is 0. The number of carbonyl (C=O) groups excluding carboxylic acids is 1. The van der Waals surface area contributed by atoms with Crippen molar-refractivity contribution in [3.63, 3.8) is 0 Å². The summed E-state index contributed by atoms with van der Waals surface area (Å²) < 4.78 is 47.6. The van der Waals surface area contributed by atoms with Crippen molar-refractivity contribution in [2.24, 2.45) is 5.73 Å². The predicted molar refractivity (Wildman–Crippen MR) is 136 cm³/mol. The van der Waals surface area contributed by atoms with Crippen LogP contribution in [0.2, 0.25) is 0 Å². The Kier molecular flexibility index (Phi) is 9.26. The summed E-state index contributed by atoms with van der Waals surface area (Å²) in [6.45, 7) is 1.19. The average molecular weight is 579 g/mol. The minimum absolute atomic E-state index is 0. The summed E-state index contributed by atoms with van der Waals surface area (Å²) in [6.07, 6.45) is 5.83. The van der Waals surface area contributed by atoms with Crippen molar-refractivity contribution in [2.45, 2.75) is 44.4 Å². The first-order valence-corrected chi connectivity index (χ1v) is 12.3. The second kappa shape index (κ2) is 12.8. The van der Waals surface area contributed by atoms with Crippen molar-refractivity contribution in [2.75, 3.05) is 13.1 Å². The number of carbonyl (C=O) groups is 1. The molecule has 40 heavy (non-hydrogen) atoms. The maximum Gasteiger partial charge on any atom is 0.224 e. The first-order chi connectivity index (χ1) is 18.9. The quantitative estimate of drug-likeness (QED) is 0.296. The first-order valence-electron chi connectivity index (χ1n) is 12.3. The molecular formula is C24H26ClF3N10O2. The van der Waals surface area contributed by atoms with E-state index in [9.17, 15) is 18.0 Å². The van der Waals surface area contributed by atoms with Crippen LogP contribution in [0.15, 0.2) is 43.0 Å². The van der Waals surface area contributed by atoms with E-state index < -0.39 is 23.5 Å². The number of rotatable bonds is 9. The zero-order valence-electron chi connectivity index (χ0n) is 21.1. The Bertz CT molecular complexity index is 1410. The van der Waals surface area contributed by atoms with Crippen LogP contribution in [0.1, 0.15) is 36.6 Å². The van der Waals surface area contributed by atoms with Gasteiger partial charge in [-0.15, -0.1) is 17.5 Å². The van der Waals surface area contributed by atoms with Gasteiger partial charge in [0.15, 0.2) is 17.5 Å². The number of benzene rings is 1. The predicted octanol–water partition coefficient (Wildman–Crippen LogP) is 2.19. The zero-order valence-corrected chi connectivity index (χ0v) is 21.9. The van der Waals surface area contributed by atoms with Gasteiger partial charge in [0.1, 0.15) is 30.2 Å². The molecule has 0 saturated carbocycles. The van der Waals surface area contributed by atoms with E-state index in [4.69, 9.17) is 10.5 Å². The molecule has 3 aromatic heterocycles. The Morgan fingerprint density at radius 1 is 1.10 bits per heavy atom. The van der Waals surface area contributed by atoms with Crippen molar-refractivity contribution in [3.05, 3.63) is 71.7 Å². The topological polar surface area (TPSA) is 143 Å². The lowest BCUT2D eigenvalue weighted by molar-refractivity contribution is -0.132. The molecule has 1 amide bonds. The van der Waals surface area contributed by atoms with E-state index in [1.165, 1.54) is 11.0 Å². The number of tetrazole rings is 1. The molecule has 0 radical (unpaired) electrons. The highest BCUT2D eigenvalue weighted by Crippen LogP contribution is 2.23. The Labute approximate surface area is 232 Å². The Morgan fingerprint density at radius 2 is 1.88 bits per heavy atom. The largest absolute Gasteiger partial charge is 0.486 e. The number of nitrogens with zero attached hydrogens (tertiary/aromatic N) is 9. The van der Waals surface area contributed by atoms with Gasteiger partial charge in [-0.3, -0.25) is 4.79 Å². The minimum atomic E-state index is -1.26. The van der Waals surface area contributed by atoms with Gasteiger partial charge in [0.05, 0.1) is 18.4 Å². The fraction of sp³-hybridized carbons (Fsp3) is 0.375. The molecule has 5 rings (SSSR count). The van der Waals surface area contributed by atoms with E-state index in [-0.39, 0.29) is 49.4 Å². The maximum absolute atomic E-state index is 13.9. The summed E-state index contributed by atoms with van der Waals surface area (Å²) in [5.41, 5.74) is 6.60. The number of amides is 1. The molecule has 4 aromatic rings. The van der Waals surface area contributed by atoms with Crippen LogP contribution in [0.5, 0.6) is 5.75 Å². The fourth-order valence-electron chi connectivity index (χ4n) is 4.34. The minimum Gasteiger partial charge on any atom is -0.486 e. The van der Waals surface area contributed by atoms with Crippen molar-refractivity contribution < 1.29 is 22.7 Å². The molecule has 1 fully saturated rings.